The summed E-state index contributed by atoms with van der Waals surface area (Å²) in [5.74, 6) is 0.153. The highest BCUT2D eigenvalue weighted by molar-refractivity contribution is 7.09. The zero-order valence-corrected chi connectivity index (χ0v) is 12.5. The summed E-state index contributed by atoms with van der Waals surface area (Å²) < 4.78 is 12.9. The minimum atomic E-state index is -0.313. The van der Waals surface area contributed by atoms with E-state index >= 15 is 0 Å². The van der Waals surface area contributed by atoms with Crippen LogP contribution in [0.2, 0.25) is 0 Å². The number of amides is 1. The summed E-state index contributed by atoms with van der Waals surface area (Å²) in [7, 11) is 0. The third-order valence-electron chi connectivity index (χ3n) is 3.84. The summed E-state index contributed by atoms with van der Waals surface area (Å²) >= 11 is 1.67. The van der Waals surface area contributed by atoms with Gasteiger partial charge in [-0.25, -0.2) is 9.37 Å². The van der Waals surface area contributed by atoms with Crippen LogP contribution in [0.5, 0.6) is 0 Å². The van der Waals surface area contributed by atoms with E-state index in [-0.39, 0.29) is 11.7 Å². The number of nitrogens with zero attached hydrogens (tertiary/aromatic N) is 2. The molecule has 5 heteroatoms. The van der Waals surface area contributed by atoms with Gasteiger partial charge in [0.2, 0.25) is 0 Å². The molecule has 0 bridgehead atoms. The third kappa shape index (κ3) is 3.47. The number of thiazole rings is 1. The van der Waals surface area contributed by atoms with E-state index in [9.17, 15) is 9.18 Å². The van der Waals surface area contributed by atoms with Crippen LogP contribution in [-0.4, -0.2) is 28.9 Å². The number of carbonyl (C=O) groups is 1. The Morgan fingerprint density at radius 1 is 1.38 bits per heavy atom. The highest BCUT2D eigenvalue weighted by Gasteiger charge is 2.25. The number of likely N-dealkylation sites (tertiary alicyclic amines) is 1. The lowest BCUT2D eigenvalue weighted by atomic mass is 9.94. The van der Waals surface area contributed by atoms with Gasteiger partial charge in [-0.3, -0.25) is 4.79 Å². The molecule has 1 saturated heterocycles. The SMILES string of the molecule is O=C(c1ccc(F)cc1)N1CCC[C@@H](Cc2nccs2)C1. The fourth-order valence-corrected chi connectivity index (χ4v) is 3.52. The summed E-state index contributed by atoms with van der Waals surface area (Å²) in [6.07, 6.45) is 4.91. The first-order valence-corrected chi connectivity index (χ1v) is 8.03. The minimum absolute atomic E-state index is 0.00108. The Hall–Kier alpha value is -1.75. The van der Waals surface area contributed by atoms with E-state index in [2.05, 4.69) is 4.98 Å². The molecule has 3 nitrogen and oxygen atoms in total. The molecule has 3 rings (SSSR count). The molecule has 1 aliphatic rings. The average molecular weight is 304 g/mol. The lowest BCUT2D eigenvalue weighted by molar-refractivity contribution is 0.0673. The number of hydrogen-bond donors (Lipinski definition) is 0. The van der Waals surface area contributed by atoms with Gasteiger partial charge in [0.1, 0.15) is 5.82 Å². The van der Waals surface area contributed by atoms with Gasteiger partial charge < -0.3 is 4.90 Å². The van der Waals surface area contributed by atoms with E-state index in [0.29, 0.717) is 11.5 Å². The summed E-state index contributed by atoms with van der Waals surface area (Å²) in [5, 5.41) is 3.12. The van der Waals surface area contributed by atoms with Crippen molar-refractivity contribution in [1.29, 1.82) is 0 Å². The second kappa shape index (κ2) is 6.35. The van der Waals surface area contributed by atoms with Crippen molar-refractivity contribution >= 4 is 17.2 Å². The molecule has 21 heavy (non-hydrogen) atoms. The molecular formula is C16H17FN2OS. The normalized spacial score (nSPS) is 18.7. The first-order valence-electron chi connectivity index (χ1n) is 7.15. The van der Waals surface area contributed by atoms with Gasteiger partial charge in [0.25, 0.3) is 5.91 Å². The fraction of sp³-hybridized carbons (Fsp3) is 0.375. The molecule has 110 valence electrons. The summed E-state index contributed by atoms with van der Waals surface area (Å²) in [6.45, 7) is 1.54. The Morgan fingerprint density at radius 3 is 2.90 bits per heavy atom. The first-order chi connectivity index (χ1) is 10.2. The van der Waals surface area contributed by atoms with Crippen molar-refractivity contribution < 1.29 is 9.18 Å². The largest absolute Gasteiger partial charge is 0.338 e. The van der Waals surface area contributed by atoms with E-state index < -0.39 is 0 Å². The van der Waals surface area contributed by atoms with E-state index in [1.165, 1.54) is 12.1 Å². The minimum Gasteiger partial charge on any atom is -0.338 e. The van der Waals surface area contributed by atoms with Gasteiger partial charge in [0.15, 0.2) is 0 Å². The molecule has 0 saturated carbocycles. The predicted molar refractivity (Wildman–Crippen MR) is 80.8 cm³/mol. The number of halogens is 1. The van der Waals surface area contributed by atoms with Gasteiger partial charge in [-0.2, -0.15) is 0 Å². The molecule has 2 aromatic rings. The highest BCUT2D eigenvalue weighted by Crippen LogP contribution is 2.23. The summed E-state index contributed by atoms with van der Waals surface area (Å²) in [6, 6.07) is 5.79. The van der Waals surface area contributed by atoms with E-state index in [0.717, 1.165) is 37.4 Å². The first kappa shape index (κ1) is 14.2. The van der Waals surface area contributed by atoms with Crippen LogP contribution < -0.4 is 0 Å². The Kier molecular flexibility index (Phi) is 4.29. The maximum Gasteiger partial charge on any atom is 0.253 e. The Labute approximate surface area is 127 Å². The summed E-state index contributed by atoms with van der Waals surface area (Å²) in [4.78, 5) is 18.7. The standard InChI is InChI=1S/C16H17FN2OS/c17-14-5-3-13(4-6-14)16(20)19-8-1-2-12(11-19)10-15-18-7-9-21-15/h3-7,9,12H,1-2,8,10-11H2/t12-/m0/s1. The number of aromatic nitrogens is 1. The third-order valence-corrected chi connectivity index (χ3v) is 4.65. The van der Waals surface area contributed by atoms with Gasteiger partial charge in [-0.1, -0.05) is 0 Å². The van der Waals surface area contributed by atoms with Gasteiger partial charge >= 0.3 is 0 Å². The molecule has 1 aromatic heterocycles. The maximum absolute atomic E-state index is 12.9. The predicted octanol–water partition coefficient (Wildman–Crippen LogP) is 3.38. The van der Waals surface area contributed by atoms with Gasteiger partial charge in [-0.05, 0) is 43.0 Å². The van der Waals surface area contributed by atoms with E-state index in [4.69, 9.17) is 0 Å². The van der Waals surface area contributed by atoms with E-state index in [1.807, 2.05) is 16.5 Å². The Bertz CT molecular complexity index is 597. The van der Waals surface area contributed by atoms with Crippen LogP contribution in [0.1, 0.15) is 28.2 Å². The van der Waals surface area contributed by atoms with Crippen LogP contribution in [0.4, 0.5) is 4.39 Å². The molecule has 0 radical (unpaired) electrons. The van der Waals surface area contributed by atoms with Crippen LogP contribution in [0.15, 0.2) is 35.8 Å². The lowest BCUT2D eigenvalue weighted by Gasteiger charge is -2.32. The van der Waals surface area contributed by atoms with Crippen molar-refractivity contribution in [3.8, 4) is 0 Å². The second-order valence-electron chi connectivity index (χ2n) is 5.40. The average Bonchev–Trinajstić information content (AvgIpc) is 3.00. The van der Waals surface area contributed by atoms with Crippen LogP contribution >= 0.6 is 11.3 Å². The number of benzene rings is 1. The molecule has 1 amide bonds. The smallest absolute Gasteiger partial charge is 0.253 e. The Balaban J connectivity index is 1.65. The number of piperidine rings is 1. The monoisotopic (exact) mass is 304 g/mol. The van der Waals surface area contributed by atoms with Gasteiger partial charge in [0, 0.05) is 36.7 Å². The number of rotatable bonds is 3. The zero-order valence-electron chi connectivity index (χ0n) is 11.7. The molecule has 1 fully saturated rings. The lowest BCUT2D eigenvalue weighted by Crippen LogP contribution is -2.40. The van der Waals surface area contributed by atoms with Crippen molar-refractivity contribution in [3.63, 3.8) is 0 Å². The van der Waals surface area contributed by atoms with Crippen LogP contribution in [0.25, 0.3) is 0 Å². The van der Waals surface area contributed by atoms with Gasteiger partial charge in [-0.15, -0.1) is 11.3 Å². The second-order valence-corrected chi connectivity index (χ2v) is 6.38. The molecule has 0 aliphatic carbocycles. The molecule has 1 atom stereocenters. The topological polar surface area (TPSA) is 33.2 Å². The van der Waals surface area contributed by atoms with Gasteiger partial charge in [0.05, 0.1) is 5.01 Å². The van der Waals surface area contributed by atoms with E-state index in [1.54, 1.807) is 23.5 Å². The highest BCUT2D eigenvalue weighted by atomic mass is 32.1. The van der Waals surface area contributed by atoms with Crippen molar-refractivity contribution in [2.75, 3.05) is 13.1 Å². The maximum atomic E-state index is 12.9. The molecule has 0 N–H and O–H groups in total. The number of carbonyl (C=O) groups excluding carboxylic acids is 1. The van der Waals surface area contributed by atoms with Crippen LogP contribution in [0.3, 0.4) is 0 Å². The molecule has 0 unspecified atom stereocenters. The molecule has 0 spiro atoms. The van der Waals surface area contributed by atoms with Crippen LogP contribution in [0, 0.1) is 11.7 Å². The van der Waals surface area contributed by atoms with Crippen LogP contribution in [-0.2, 0) is 6.42 Å². The molecule has 2 heterocycles. The van der Waals surface area contributed by atoms with Crippen molar-refractivity contribution in [1.82, 2.24) is 9.88 Å². The zero-order chi connectivity index (χ0) is 14.7. The molecule has 1 aromatic carbocycles. The van der Waals surface area contributed by atoms with Crippen molar-refractivity contribution in [2.45, 2.75) is 19.3 Å². The molecular weight excluding hydrogens is 287 g/mol. The van der Waals surface area contributed by atoms with Crippen molar-refractivity contribution in [2.24, 2.45) is 5.92 Å². The number of hydrogen-bond acceptors (Lipinski definition) is 3. The summed E-state index contributed by atoms with van der Waals surface area (Å²) in [5.41, 5.74) is 0.561. The Morgan fingerprint density at radius 2 is 2.19 bits per heavy atom. The van der Waals surface area contributed by atoms with Crippen molar-refractivity contribution in [3.05, 3.63) is 52.2 Å². The molecule has 1 aliphatic heterocycles. The quantitative estimate of drug-likeness (QED) is 0.871. The fourth-order valence-electron chi connectivity index (χ4n) is 2.79.